The van der Waals surface area contributed by atoms with E-state index < -0.39 is 25.3 Å². The molecule has 0 aromatic rings. The summed E-state index contributed by atoms with van der Waals surface area (Å²) in [4.78, 5) is 31.8. The van der Waals surface area contributed by atoms with Crippen molar-refractivity contribution in [1.29, 1.82) is 0 Å². The summed E-state index contributed by atoms with van der Waals surface area (Å²) in [5.74, 6) is -1.06. The second-order valence-electron chi connectivity index (χ2n) is 2.79. The van der Waals surface area contributed by atoms with Gasteiger partial charge in [0.1, 0.15) is 6.04 Å². The second-order valence-corrected chi connectivity index (χ2v) is 4.63. The van der Waals surface area contributed by atoms with Gasteiger partial charge in [-0.1, -0.05) is 0 Å². The molecule has 2 atom stereocenters. The smallest absolute Gasteiger partial charge is 0.324 e. The molecule has 7 nitrogen and oxygen atoms in total. The molecular weight excluding hydrogens is 201 g/mol. The van der Waals surface area contributed by atoms with Crippen molar-refractivity contribution in [2.24, 2.45) is 0 Å². The molecule has 0 aromatic heterocycles. The van der Waals surface area contributed by atoms with Gasteiger partial charge in [-0.2, -0.15) is 5.26 Å². The lowest BCUT2D eigenvalue weighted by molar-refractivity contribution is -0.236. The third-order valence-electron chi connectivity index (χ3n) is 1.97. The predicted molar refractivity (Wildman–Crippen MR) is 41.0 cm³/mol. The number of rotatable bonds is 2. The Morgan fingerprint density at radius 3 is 2.62 bits per heavy atom. The SMILES string of the molecule is O=C(OO)C1NCCC1P(=O)(O)O. The van der Waals surface area contributed by atoms with Crippen LogP contribution in [-0.4, -0.2) is 39.3 Å². The minimum absolute atomic E-state index is 0.185. The van der Waals surface area contributed by atoms with E-state index in [9.17, 15) is 9.36 Å². The maximum Gasteiger partial charge on any atom is 0.359 e. The summed E-state index contributed by atoms with van der Waals surface area (Å²) < 4.78 is 10.8. The number of hydrogen-bond acceptors (Lipinski definition) is 5. The van der Waals surface area contributed by atoms with Gasteiger partial charge in [0, 0.05) is 0 Å². The second kappa shape index (κ2) is 3.73. The van der Waals surface area contributed by atoms with Crippen molar-refractivity contribution in [3.63, 3.8) is 0 Å². The molecule has 1 aliphatic rings. The normalized spacial score (nSPS) is 28.8. The van der Waals surface area contributed by atoms with Gasteiger partial charge >= 0.3 is 13.6 Å². The van der Waals surface area contributed by atoms with Crippen LogP contribution in [0.4, 0.5) is 0 Å². The summed E-state index contributed by atoms with van der Waals surface area (Å²) in [6, 6.07) is -1.12. The van der Waals surface area contributed by atoms with Gasteiger partial charge in [0.05, 0.1) is 5.66 Å². The molecule has 1 saturated heterocycles. The molecule has 0 saturated carbocycles. The maximum atomic E-state index is 10.8. The highest BCUT2D eigenvalue weighted by Crippen LogP contribution is 2.46. The van der Waals surface area contributed by atoms with Crippen molar-refractivity contribution < 1.29 is 29.3 Å². The molecule has 0 amide bonds. The van der Waals surface area contributed by atoms with Gasteiger partial charge in [-0.3, -0.25) is 9.45 Å². The number of hydrogen-bond donors (Lipinski definition) is 4. The Hall–Kier alpha value is -0.460. The molecule has 0 spiro atoms. The number of carbonyl (C=O) groups excluding carboxylic acids is 1. The van der Waals surface area contributed by atoms with E-state index in [4.69, 9.17) is 15.0 Å². The molecular formula is C5H10NO6P. The minimum atomic E-state index is -4.31. The Labute approximate surface area is 73.8 Å². The van der Waals surface area contributed by atoms with E-state index in [1.165, 1.54) is 0 Å². The highest BCUT2D eigenvalue weighted by atomic mass is 31.2. The van der Waals surface area contributed by atoms with E-state index in [2.05, 4.69) is 10.2 Å². The molecule has 0 bridgehead atoms. The molecule has 1 fully saturated rings. The fourth-order valence-electron chi connectivity index (χ4n) is 1.35. The summed E-state index contributed by atoms with van der Waals surface area (Å²) in [7, 11) is -4.31. The van der Waals surface area contributed by atoms with E-state index in [1.807, 2.05) is 0 Å². The van der Waals surface area contributed by atoms with Gasteiger partial charge in [0.15, 0.2) is 0 Å². The van der Waals surface area contributed by atoms with E-state index >= 15 is 0 Å². The van der Waals surface area contributed by atoms with Crippen LogP contribution < -0.4 is 5.32 Å². The lowest BCUT2D eigenvalue weighted by Crippen LogP contribution is -2.39. The topological polar surface area (TPSA) is 116 Å². The van der Waals surface area contributed by atoms with Gasteiger partial charge in [0.25, 0.3) is 0 Å². The molecule has 4 N–H and O–H groups in total. The van der Waals surface area contributed by atoms with Crippen molar-refractivity contribution in [1.82, 2.24) is 5.32 Å². The predicted octanol–water partition coefficient (Wildman–Crippen LogP) is -1.09. The third kappa shape index (κ3) is 2.26. The summed E-state index contributed by atoms with van der Waals surface area (Å²) in [6.07, 6.45) is 0.185. The molecule has 13 heavy (non-hydrogen) atoms. The summed E-state index contributed by atoms with van der Waals surface area (Å²) >= 11 is 0. The zero-order chi connectivity index (χ0) is 10.1. The summed E-state index contributed by atoms with van der Waals surface area (Å²) in [5, 5.41) is 10.6. The van der Waals surface area contributed by atoms with Crippen molar-refractivity contribution in [2.45, 2.75) is 18.1 Å². The lowest BCUT2D eigenvalue weighted by atomic mass is 10.2. The average Bonchev–Trinajstić information content (AvgIpc) is 2.49. The van der Waals surface area contributed by atoms with E-state index in [0.717, 1.165) is 0 Å². The van der Waals surface area contributed by atoms with Crippen LogP contribution in [-0.2, 0) is 14.2 Å². The van der Waals surface area contributed by atoms with Crippen LogP contribution in [0.25, 0.3) is 0 Å². The average molecular weight is 211 g/mol. The fourth-order valence-corrected chi connectivity index (χ4v) is 2.43. The Balaban J connectivity index is 2.75. The Kier molecular flexibility index (Phi) is 3.05. The van der Waals surface area contributed by atoms with Gasteiger partial charge in [-0.15, -0.1) is 0 Å². The molecule has 0 aliphatic carbocycles. The van der Waals surface area contributed by atoms with E-state index in [1.54, 1.807) is 0 Å². The van der Waals surface area contributed by atoms with Crippen LogP contribution in [0.15, 0.2) is 0 Å². The Morgan fingerprint density at radius 1 is 1.54 bits per heavy atom. The molecule has 2 unspecified atom stereocenters. The highest BCUT2D eigenvalue weighted by Gasteiger charge is 2.44. The first-order valence-electron chi connectivity index (χ1n) is 3.60. The van der Waals surface area contributed by atoms with Crippen molar-refractivity contribution in [3.8, 4) is 0 Å². The van der Waals surface area contributed by atoms with E-state index in [0.29, 0.717) is 6.54 Å². The molecule has 1 rings (SSSR count). The molecule has 0 radical (unpaired) electrons. The first kappa shape index (κ1) is 10.6. The first-order valence-corrected chi connectivity index (χ1v) is 5.29. The van der Waals surface area contributed by atoms with Crippen molar-refractivity contribution >= 4 is 13.6 Å². The van der Waals surface area contributed by atoms with Gasteiger partial charge in [-0.25, -0.2) is 4.79 Å². The zero-order valence-corrected chi connectivity index (χ0v) is 7.48. The zero-order valence-electron chi connectivity index (χ0n) is 6.58. The van der Waals surface area contributed by atoms with Gasteiger partial charge < -0.3 is 15.1 Å². The quantitative estimate of drug-likeness (QED) is 0.260. The number of carbonyl (C=O) groups is 1. The lowest BCUT2D eigenvalue weighted by Gasteiger charge is -2.16. The van der Waals surface area contributed by atoms with Gasteiger partial charge in [0.2, 0.25) is 0 Å². The van der Waals surface area contributed by atoms with Crippen LogP contribution in [0.1, 0.15) is 6.42 Å². The van der Waals surface area contributed by atoms with Crippen LogP contribution in [0, 0.1) is 0 Å². The summed E-state index contributed by atoms with van der Waals surface area (Å²) in [6.45, 7) is 0.315. The minimum Gasteiger partial charge on any atom is -0.324 e. The van der Waals surface area contributed by atoms with Gasteiger partial charge in [-0.05, 0) is 13.0 Å². The van der Waals surface area contributed by atoms with Crippen LogP contribution in [0.2, 0.25) is 0 Å². The Morgan fingerprint density at radius 2 is 2.15 bits per heavy atom. The van der Waals surface area contributed by atoms with Crippen LogP contribution >= 0.6 is 7.60 Å². The van der Waals surface area contributed by atoms with Crippen LogP contribution in [0.5, 0.6) is 0 Å². The fraction of sp³-hybridized carbons (Fsp3) is 0.800. The molecule has 8 heteroatoms. The van der Waals surface area contributed by atoms with Crippen molar-refractivity contribution in [3.05, 3.63) is 0 Å². The number of nitrogens with one attached hydrogen (secondary N) is 1. The Bertz CT molecular complexity index is 249. The monoisotopic (exact) mass is 211 g/mol. The third-order valence-corrected chi connectivity index (χ3v) is 3.39. The molecule has 1 aliphatic heterocycles. The van der Waals surface area contributed by atoms with Crippen LogP contribution in [0.3, 0.4) is 0 Å². The first-order chi connectivity index (χ1) is 5.96. The molecule has 76 valence electrons. The maximum absolute atomic E-state index is 10.8. The highest BCUT2D eigenvalue weighted by molar-refractivity contribution is 7.52. The molecule has 1 heterocycles. The molecule has 0 aromatic carbocycles. The summed E-state index contributed by atoms with van der Waals surface area (Å²) in [5.41, 5.74) is -1.10. The standard InChI is InChI=1S/C5H10NO6P/c7-5(12-8)4-3(1-2-6-4)13(9,10)11/h3-4,6,8H,1-2H2,(H2,9,10,11). The van der Waals surface area contributed by atoms with Crippen molar-refractivity contribution in [2.75, 3.05) is 6.54 Å². The van der Waals surface area contributed by atoms with E-state index in [-0.39, 0.29) is 6.42 Å². The largest absolute Gasteiger partial charge is 0.359 e.